The van der Waals surface area contributed by atoms with Crippen molar-refractivity contribution in [3.05, 3.63) is 35.4 Å². The molecule has 0 aliphatic heterocycles. The van der Waals surface area contributed by atoms with Gasteiger partial charge in [0, 0.05) is 5.56 Å². The molecule has 1 aromatic rings. The molecule has 0 spiro atoms. The molecule has 0 fully saturated rings. The second-order valence-corrected chi connectivity index (χ2v) is 3.07. The zero-order valence-corrected chi connectivity index (χ0v) is 8.11. The first kappa shape index (κ1) is 10.4. The summed E-state index contributed by atoms with van der Waals surface area (Å²) in [4.78, 5) is 21.4. The van der Waals surface area contributed by atoms with E-state index in [2.05, 4.69) is 4.74 Å². The van der Waals surface area contributed by atoms with Crippen LogP contribution in [0.5, 0.6) is 0 Å². The van der Waals surface area contributed by atoms with E-state index in [1.54, 1.807) is 12.1 Å². The predicted molar refractivity (Wildman–Crippen MR) is 51.8 cm³/mol. The molecule has 1 unspecified atom stereocenters. The van der Waals surface area contributed by atoms with E-state index in [0.29, 0.717) is 5.56 Å². The number of hydrogen-bond acceptors (Lipinski definition) is 3. The second-order valence-electron chi connectivity index (χ2n) is 3.07. The molecule has 3 nitrogen and oxygen atoms in total. The summed E-state index contributed by atoms with van der Waals surface area (Å²) in [6.45, 7) is 4.72. The average Bonchev–Trinajstić information content (AvgIpc) is 2.18. The van der Waals surface area contributed by atoms with Gasteiger partial charge in [-0.1, -0.05) is 29.8 Å². The van der Waals surface area contributed by atoms with Crippen LogP contribution in [0.2, 0.25) is 0 Å². The van der Waals surface area contributed by atoms with Gasteiger partial charge in [-0.15, -0.1) is 0 Å². The minimum atomic E-state index is -0.768. The lowest BCUT2D eigenvalue weighted by Gasteiger charge is -2.07. The van der Waals surface area contributed by atoms with Gasteiger partial charge in [-0.2, -0.15) is 0 Å². The Morgan fingerprint density at radius 3 is 2.43 bits per heavy atom. The molecule has 1 atom stereocenters. The Balaban J connectivity index is 2.78. The number of Topliss-reactive ketones (excluding diaryl/α,β-unsaturated/α-hetero) is 1. The third-order valence-electron chi connectivity index (χ3n) is 1.93. The number of aryl methyl sites for hydroxylation is 1. The summed E-state index contributed by atoms with van der Waals surface area (Å²) in [5.74, 6) is -0.214. The minimum absolute atomic E-state index is 0.214. The van der Waals surface area contributed by atoms with Crippen LogP contribution in [0.25, 0.3) is 0 Å². The summed E-state index contributed by atoms with van der Waals surface area (Å²) in [6, 6.07) is 7.10. The number of ether oxygens (including phenoxy) is 1. The maximum absolute atomic E-state index is 11.5. The van der Waals surface area contributed by atoms with Crippen molar-refractivity contribution in [3.8, 4) is 0 Å². The summed E-state index contributed by atoms with van der Waals surface area (Å²) in [7, 11) is 0. The largest absolute Gasteiger partial charge is 0.446 e. The molecule has 14 heavy (non-hydrogen) atoms. The zero-order chi connectivity index (χ0) is 10.6. The summed E-state index contributed by atoms with van der Waals surface area (Å²) in [5, 5.41) is 0. The number of carbonyl (C=O) groups excluding carboxylic acids is 2. The van der Waals surface area contributed by atoms with Crippen LogP contribution in [0.15, 0.2) is 24.3 Å². The fourth-order valence-corrected chi connectivity index (χ4v) is 1.08. The van der Waals surface area contributed by atoms with Gasteiger partial charge < -0.3 is 4.74 Å². The van der Waals surface area contributed by atoms with Gasteiger partial charge in [0.1, 0.15) is 0 Å². The number of rotatable bonds is 4. The highest BCUT2D eigenvalue weighted by Gasteiger charge is 2.15. The Morgan fingerprint density at radius 1 is 1.36 bits per heavy atom. The fourth-order valence-electron chi connectivity index (χ4n) is 1.08. The highest BCUT2D eigenvalue weighted by Crippen LogP contribution is 2.07. The van der Waals surface area contributed by atoms with Crippen LogP contribution in [-0.4, -0.2) is 18.4 Å². The van der Waals surface area contributed by atoms with Crippen LogP contribution in [0.3, 0.4) is 0 Å². The highest BCUT2D eigenvalue weighted by molar-refractivity contribution is 5.99. The lowest BCUT2D eigenvalue weighted by Crippen LogP contribution is -2.20. The molecule has 0 N–H and O–H groups in total. The van der Waals surface area contributed by atoms with E-state index in [1.807, 2.05) is 19.1 Å². The van der Waals surface area contributed by atoms with E-state index < -0.39 is 6.10 Å². The van der Waals surface area contributed by atoms with Crippen molar-refractivity contribution in [3.63, 3.8) is 0 Å². The maximum atomic E-state index is 11.5. The van der Waals surface area contributed by atoms with Gasteiger partial charge in [-0.05, 0) is 13.8 Å². The van der Waals surface area contributed by atoms with Gasteiger partial charge in [0.05, 0.1) is 0 Å². The van der Waals surface area contributed by atoms with Crippen LogP contribution < -0.4 is 0 Å². The van der Waals surface area contributed by atoms with E-state index >= 15 is 0 Å². The van der Waals surface area contributed by atoms with Crippen molar-refractivity contribution < 1.29 is 14.3 Å². The summed E-state index contributed by atoms with van der Waals surface area (Å²) in [5.41, 5.74) is 1.62. The molecular formula is C11H11O3. The van der Waals surface area contributed by atoms with Gasteiger partial charge in [-0.25, -0.2) is 4.79 Å². The van der Waals surface area contributed by atoms with Crippen molar-refractivity contribution >= 4 is 12.3 Å². The smallest absolute Gasteiger partial charge is 0.418 e. The van der Waals surface area contributed by atoms with E-state index in [9.17, 15) is 9.59 Å². The van der Waals surface area contributed by atoms with Crippen molar-refractivity contribution in [2.24, 2.45) is 0 Å². The first-order chi connectivity index (χ1) is 6.65. The molecule has 0 saturated heterocycles. The molecule has 0 saturated carbocycles. The predicted octanol–water partition coefficient (Wildman–Crippen LogP) is 1.65. The van der Waals surface area contributed by atoms with E-state index in [0.717, 1.165) is 5.56 Å². The van der Waals surface area contributed by atoms with Gasteiger partial charge in [0.15, 0.2) is 6.10 Å². The molecule has 1 aromatic carbocycles. The molecule has 73 valence electrons. The number of hydrogen-bond donors (Lipinski definition) is 0. The van der Waals surface area contributed by atoms with E-state index in [4.69, 9.17) is 0 Å². The average molecular weight is 191 g/mol. The molecular weight excluding hydrogens is 180 g/mol. The third kappa shape index (κ3) is 2.42. The molecule has 1 radical (unpaired) electrons. The Kier molecular flexibility index (Phi) is 3.40. The van der Waals surface area contributed by atoms with Gasteiger partial charge in [0.25, 0.3) is 0 Å². The summed E-state index contributed by atoms with van der Waals surface area (Å²) < 4.78 is 4.43. The quantitative estimate of drug-likeness (QED) is 0.679. The van der Waals surface area contributed by atoms with Crippen molar-refractivity contribution in [1.29, 1.82) is 0 Å². The molecule has 0 aliphatic rings. The highest BCUT2D eigenvalue weighted by atomic mass is 16.5. The topological polar surface area (TPSA) is 43.4 Å². The Bertz CT molecular complexity index is 327. The lowest BCUT2D eigenvalue weighted by atomic mass is 10.1. The SMILES string of the molecule is Cc1ccc(C(=O)C(C)O[C]=O)cc1. The Hall–Kier alpha value is -1.64. The number of ketones is 1. The Morgan fingerprint density at radius 2 is 1.93 bits per heavy atom. The molecule has 0 amide bonds. The first-order valence-electron chi connectivity index (χ1n) is 4.29. The van der Waals surface area contributed by atoms with Crippen LogP contribution in [0.4, 0.5) is 0 Å². The summed E-state index contributed by atoms with van der Waals surface area (Å²) in [6.07, 6.45) is -0.768. The van der Waals surface area contributed by atoms with E-state index in [1.165, 1.54) is 13.4 Å². The maximum Gasteiger partial charge on any atom is 0.418 e. The summed E-state index contributed by atoms with van der Waals surface area (Å²) >= 11 is 0. The van der Waals surface area contributed by atoms with E-state index in [-0.39, 0.29) is 5.78 Å². The lowest BCUT2D eigenvalue weighted by molar-refractivity contribution is 0.0792. The van der Waals surface area contributed by atoms with Crippen molar-refractivity contribution in [2.75, 3.05) is 0 Å². The van der Waals surface area contributed by atoms with Gasteiger partial charge in [0.2, 0.25) is 5.78 Å². The zero-order valence-electron chi connectivity index (χ0n) is 8.11. The van der Waals surface area contributed by atoms with Crippen molar-refractivity contribution in [2.45, 2.75) is 20.0 Å². The van der Waals surface area contributed by atoms with Crippen LogP contribution in [0, 0.1) is 6.92 Å². The van der Waals surface area contributed by atoms with Gasteiger partial charge in [-0.3, -0.25) is 4.79 Å². The normalized spacial score (nSPS) is 11.9. The minimum Gasteiger partial charge on any atom is -0.446 e. The number of carbonyl (C=O) groups is 1. The van der Waals surface area contributed by atoms with Crippen LogP contribution >= 0.6 is 0 Å². The first-order valence-corrected chi connectivity index (χ1v) is 4.29. The molecule has 3 heteroatoms. The molecule has 0 aliphatic carbocycles. The number of benzene rings is 1. The van der Waals surface area contributed by atoms with Crippen LogP contribution in [-0.2, 0) is 9.53 Å². The Labute approximate surface area is 82.7 Å². The molecule has 0 bridgehead atoms. The molecule has 0 heterocycles. The van der Waals surface area contributed by atoms with Gasteiger partial charge >= 0.3 is 6.47 Å². The monoisotopic (exact) mass is 191 g/mol. The standard InChI is InChI=1S/C11H11O3/c1-8-3-5-10(6-4-8)11(13)9(2)14-7-12/h3-6,9H,1-2H3. The fraction of sp³-hybridized carbons (Fsp3) is 0.273. The second kappa shape index (κ2) is 4.56. The molecule has 0 aromatic heterocycles. The van der Waals surface area contributed by atoms with Crippen LogP contribution in [0.1, 0.15) is 22.8 Å². The molecule has 1 rings (SSSR count). The van der Waals surface area contributed by atoms with Crippen molar-refractivity contribution in [1.82, 2.24) is 0 Å². The third-order valence-corrected chi connectivity index (χ3v) is 1.93.